The number of aryl methyl sites for hydroxylation is 1. The zero-order chi connectivity index (χ0) is 21.0. The molecule has 1 aliphatic rings. The molecule has 1 fully saturated rings. The van der Waals surface area contributed by atoms with E-state index in [1.54, 1.807) is 6.07 Å². The number of aliphatic carboxylic acids is 1. The van der Waals surface area contributed by atoms with E-state index in [9.17, 15) is 14.7 Å². The molecule has 0 aromatic heterocycles. The minimum absolute atomic E-state index is 0.153. The number of ether oxygens (including phenoxy) is 1. The number of piperidine rings is 1. The number of carboxylic acid groups (broad SMARTS) is 1. The topological polar surface area (TPSA) is 66.8 Å². The summed E-state index contributed by atoms with van der Waals surface area (Å²) in [6.07, 6.45) is 2.38. The summed E-state index contributed by atoms with van der Waals surface area (Å²) in [5.41, 5.74) is 1.99. The summed E-state index contributed by atoms with van der Waals surface area (Å²) in [7, 11) is 0. The molecule has 1 amide bonds. The number of carbonyl (C=O) groups is 2. The maximum atomic E-state index is 12.8. The molecule has 1 aliphatic heterocycles. The van der Waals surface area contributed by atoms with Gasteiger partial charge in [-0.25, -0.2) is 4.79 Å². The number of hydrogen-bond donors (Lipinski definition) is 1. The van der Waals surface area contributed by atoms with Gasteiger partial charge in [0.15, 0.2) is 5.60 Å². The number of rotatable bonds is 6. The molecule has 0 spiro atoms. The fourth-order valence-corrected chi connectivity index (χ4v) is 3.75. The summed E-state index contributed by atoms with van der Waals surface area (Å²) in [6, 6.07) is 15.7. The summed E-state index contributed by atoms with van der Waals surface area (Å²) in [6.45, 7) is 6.56. The van der Waals surface area contributed by atoms with E-state index in [4.69, 9.17) is 4.74 Å². The number of carbonyl (C=O) groups excluding carboxylic acids is 1. The van der Waals surface area contributed by atoms with Crippen LogP contribution in [0, 0.1) is 6.92 Å². The highest BCUT2D eigenvalue weighted by molar-refractivity contribution is 5.79. The minimum Gasteiger partial charge on any atom is -0.478 e. The number of carboxylic acids is 1. The van der Waals surface area contributed by atoms with Crippen LogP contribution in [0.4, 0.5) is 0 Å². The molecule has 1 heterocycles. The molecule has 5 nitrogen and oxygen atoms in total. The molecule has 1 saturated heterocycles. The van der Waals surface area contributed by atoms with Crippen molar-refractivity contribution in [2.75, 3.05) is 13.1 Å². The predicted octanol–water partition coefficient (Wildman–Crippen LogP) is 4.19. The second kappa shape index (κ2) is 8.68. The molecular formula is C24H29NO4. The SMILES string of the molecule is Cc1cccc(CC(=O)N2CCCC(c3cccc(OC(C)(C)C(=O)O)c3)C2)c1. The molecule has 0 bridgehead atoms. The molecule has 0 saturated carbocycles. The van der Waals surface area contributed by atoms with Crippen molar-refractivity contribution in [3.8, 4) is 5.75 Å². The first kappa shape index (κ1) is 20.9. The van der Waals surface area contributed by atoms with Crippen molar-refractivity contribution in [3.05, 3.63) is 65.2 Å². The molecule has 154 valence electrons. The van der Waals surface area contributed by atoms with Crippen LogP contribution in [0.2, 0.25) is 0 Å². The van der Waals surface area contributed by atoms with Crippen molar-refractivity contribution in [2.24, 2.45) is 0 Å². The second-order valence-electron chi connectivity index (χ2n) is 8.33. The third-order valence-corrected chi connectivity index (χ3v) is 5.43. The minimum atomic E-state index is -1.29. The average molecular weight is 395 g/mol. The fourth-order valence-electron chi connectivity index (χ4n) is 3.75. The normalized spacial score (nSPS) is 17.1. The van der Waals surface area contributed by atoms with Crippen molar-refractivity contribution >= 4 is 11.9 Å². The molecular weight excluding hydrogens is 366 g/mol. The van der Waals surface area contributed by atoms with Crippen LogP contribution in [0.15, 0.2) is 48.5 Å². The molecule has 1 atom stereocenters. The molecule has 29 heavy (non-hydrogen) atoms. The Bertz CT molecular complexity index is 890. The highest BCUT2D eigenvalue weighted by atomic mass is 16.5. The first-order valence-corrected chi connectivity index (χ1v) is 10.1. The fraction of sp³-hybridized carbons (Fsp3) is 0.417. The summed E-state index contributed by atoms with van der Waals surface area (Å²) in [4.78, 5) is 26.1. The summed E-state index contributed by atoms with van der Waals surface area (Å²) in [5.74, 6) is -0.0898. The first-order valence-electron chi connectivity index (χ1n) is 10.1. The summed E-state index contributed by atoms with van der Waals surface area (Å²) in [5, 5.41) is 9.29. The summed E-state index contributed by atoms with van der Waals surface area (Å²) >= 11 is 0. The zero-order valence-corrected chi connectivity index (χ0v) is 17.4. The second-order valence-corrected chi connectivity index (χ2v) is 8.33. The number of nitrogens with zero attached hydrogens (tertiary/aromatic N) is 1. The molecule has 2 aromatic carbocycles. The van der Waals surface area contributed by atoms with Gasteiger partial charge in [-0.05, 0) is 56.9 Å². The molecule has 0 radical (unpaired) electrons. The average Bonchev–Trinajstić information content (AvgIpc) is 2.68. The van der Waals surface area contributed by atoms with Crippen molar-refractivity contribution < 1.29 is 19.4 Å². The van der Waals surface area contributed by atoms with Crippen LogP contribution >= 0.6 is 0 Å². The Morgan fingerprint density at radius 1 is 1.17 bits per heavy atom. The highest BCUT2D eigenvalue weighted by Gasteiger charge is 2.30. The maximum Gasteiger partial charge on any atom is 0.347 e. The van der Waals surface area contributed by atoms with E-state index in [1.165, 1.54) is 13.8 Å². The smallest absolute Gasteiger partial charge is 0.347 e. The van der Waals surface area contributed by atoms with Crippen LogP contribution < -0.4 is 4.74 Å². The molecule has 1 N–H and O–H groups in total. The lowest BCUT2D eigenvalue weighted by atomic mass is 9.90. The van der Waals surface area contributed by atoms with Crippen molar-refractivity contribution in [3.63, 3.8) is 0 Å². The van der Waals surface area contributed by atoms with E-state index in [0.29, 0.717) is 18.7 Å². The van der Waals surface area contributed by atoms with Gasteiger partial charge in [-0.15, -0.1) is 0 Å². The van der Waals surface area contributed by atoms with Gasteiger partial charge in [0, 0.05) is 19.0 Å². The zero-order valence-electron chi connectivity index (χ0n) is 17.4. The monoisotopic (exact) mass is 395 g/mol. The van der Waals surface area contributed by atoms with Crippen molar-refractivity contribution in [1.82, 2.24) is 4.90 Å². The predicted molar refractivity (Wildman–Crippen MR) is 112 cm³/mol. The number of likely N-dealkylation sites (tertiary alicyclic amines) is 1. The van der Waals surface area contributed by atoms with Crippen LogP contribution in [0.25, 0.3) is 0 Å². The van der Waals surface area contributed by atoms with Crippen molar-refractivity contribution in [1.29, 1.82) is 0 Å². The van der Waals surface area contributed by atoms with Gasteiger partial charge < -0.3 is 14.7 Å². The van der Waals surface area contributed by atoms with Gasteiger partial charge in [0.2, 0.25) is 5.91 Å². The van der Waals surface area contributed by atoms with Crippen LogP contribution in [-0.2, 0) is 16.0 Å². The van der Waals surface area contributed by atoms with Gasteiger partial charge in [-0.3, -0.25) is 4.79 Å². The van der Waals surface area contributed by atoms with Crippen molar-refractivity contribution in [2.45, 2.75) is 51.6 Å². The quantitative estimate of drug-likeness (QED) is 0.797. The van der Waals surface area contributed by atoms with Gasteiger partial charge >= 0.3 is 5.97 Å². The van der Waals surface area contributed by atoms with Crippen LogP contribution in [0.3, 0.4) is 0 Å². The van der Waals surface area contributed by atoms with Gasteiger partial charge in [0.05, 0.1) is 6.42 Å². The van der Waals surface area contributed by atoms with E-state index in [2.05, 4.69) is 6.07 Å². The van der Waals surface area contributed by atoms with Gasteiger partial charge in [0.25, 0.3) is 0 Å². The van der Waals surface area contributed by atoms with E-state index in [1.807, 2.05) is 48.2 Å². The van der Waals surface area contributed by atoms with Gasteiger partial charge in [0.1, 0.15) is 5.75 Å². The van der Waals surface area contributed by atoms with E-state index >= 15 is 0 Å². The molecule has 1 unspecified atom stereocenters. The molecule has 2 aromatic rings. The van der Waals surface area contributed by atoms with E-state index < -0.39 is 11.6 Å². The highest BCUT2D eigenvalue weighted by Crippen LogP contribution is 2.30. The van der Waals surface area contributed by atoms with E-state index in [-0.39, 0.29) is 11.8 Å². The Balaban J connectivity index is 1.68. The lowest BCUT2D eigenvalue weighted by Gasteiger charge is -2.33. The molecule has 5 heteroatoms. The largest absolute Gasteiger partial charge is 0.478 e. The summed E-state index contributed by atoms with van der Waals surface area (Å²) < 4.78 is 5.68. The van der Waals surface area contributed by atoms with Crippen LogP contribution in [0.5, 0.6) is 5.75 Å². The molecule has 3 rings (SSSR count). The molecule has 0 aliphatic carbocycles. The Kier molecular flexibility index (Phi) is 6.26. The number of amides is 1. The lowest BCUT2D eigenvalue weighted by Crippen LogP contribution is -2.40. The third kappa shape index (κ3) is 5.37. The Morgan fingerprint density at radius 3 is 2.66 bits per heavy atom. The van der Waals surface area contributed by atoms with Gasteiger partial charge in [-0.1, -0.05) is 42.0 Å². The van der Waals surface area contributed by atoms with Gasteiger partial charge in [-0.2, -0.15) is 0 Å². The lowest BCUT2D eigenvalue weighted by molar-refractivity contribution is -0.152. The van der Waals surface area contributed by atoms with Crippen LogP contribution in [0.1, 0.15) is 49.3 Å². The Hall–Kier alpha value is -2.82. The maximum absolute atomic E-state index is 12.8. The Morgan fingerprint density at radius 2 is 1.93 bits per heavy atom. The number of benzene rings is 2. The standard InChI is InChI=1S/C24H29NO4/c1-17-7-4-8-18(13-17)14-22(26)25-12-6-10-20(16-25)19-9-5-11-21(15-19)29-24(2,3)23(27)28/h4-5,7-9,11,13,15,20H,6,10,12,14,16H2,1-3H3,(H,27,28). The first-order chi connectivity index (χ1) is 13.7. The van der Waals surface area contributed by atoms with Crippen LogP contribution in [-0.4, -0.2) is 40.6 Å². The Labute approximate surface area is 172 Å². The van der Waals surface area contributed by atoms with E-state index in [0.717, 1.165) is 36.1 Å². The number of hydrogen-bond acceptors (Lipinski definition) is 3. The third-order valence-electron chi connectivity index (χ3n) is 5.43.